The third-order valence-corrected chi connectivity index (χ3v) is 5.65. The van der Waals surface area contributed by atoms with Crippen molar-refractivity contribution >= 4 is 17.8 Å². The van der Waals surface area contributed by atoms with Crippen LogP contribution in [-0.2, 0) is 14.3 Å². The summed E-state index contributed by atoms with van der Waals surface area (Å²) in [6.45, 7) is 10.6. The number of hydrogen-bond donors (Lipinski definition) is 1. The molecule has 0 aliphatic carbocycles. The van der Waals surface area contributed by atoms with Crippen LogP contribution in [0.2, 0.25) is 0 Å². The van der Waals surface area contributed by atoms with Crippen molar-refractivity contribution in [3.05, 3.63) is 47.3 Å². The highest BCUT2D eigenvalue weighted by Crippen LogP contribution is 2.31. The van der Waals surface area contributed by atoms with E-state index in [1.165, 1.54) is 26.3 Å². The number of aryl methyl sites for hydroxylation is 1. The van der Waals surface area contributed by atoms with E-state index >= 15 is 0 Å². The van der Waals surface area contributed by atoms with Crippen LogP contribution >= 0.6 is 0 Å². The summed E-state index contributed by atoms with van der Waals surface area (Å²) in [5.41, 5.74) is 1.88. The molecular formula is C26H34N2O7. The number of nitrogens with zero attached hydrogens (tertiary/aromatic N) is 1. The number of aromatic nitrogens is 1. The van der Waals surface area contributed by atoms with E-state index in [-0.39, 0.29) is 23.1 Å². The maximum absolute atomic E-state index is 12.9. The minimum absolute atomic E-state index is 0.0881. The Morgan fingerprint density at radius 1 is 0.943 bits per heavy atom. The smallest absolute Gasteiger partial charge is 0.328 e. The van der Waals surface area contributed by atoms with Crippen molar-refractivity contribution in [2.24, 2.45) is 5.92 Å². The fourth-order valence-corrected chi connectivity index (χ4v) is 3.32. The fraction of sp³-hybridized carbons (Fsp3) is 0.462. The first-order valence-corrected chi connectivity index (χ1v) is 11.4. The number of methoxy groups -OCH3 is 2. The summed E-state index contributed by atoms with van der Waals surface area (Å²) in [5.74, 6) is -1.55. The minimum atomic E-state index is -0.976. The van der Waals surface area contributed by atoms with Gasteiger partial charge in [-0.1, -0.05) is 26.8 Å². The van der Waals surface area contributed by atoms with Crippen LogP contribution in [0.1, 0.15) is 62.2 Å². The summed E-state index contributed by atoms with van der Waals surface area (Å²) in [4.78, 5) is 41.8. The van der Waals surface area contributed by atoms with Crippen LogP contribution in [0.25, 0.3) is 0 Å². The Bertz CT molecular complexity index is 1070. The molecule has 1 aromatic heterocycles. The number of carbonyl (C=O) groups excluding carboxylic acids is 3. The molecular weight excluding hydrogens is 452 g/mol. The van der Waals surface area contributed by atoms with Gasteiger partial charge in [-0.25, -0.2) is 9.78 Å². The molecule has 0 bridgehead atoms. The topological polar surface area (TPSA) is 113 Å². The summed E-state index contributed by atoms with van der Waals surface area (Å²) >= 11 is 0. The summed E-state index contributed by atoms with van der Waals surface area (Å²) in [5, 5.41) is 2.56. The third kappa shape index (κ3) is 6.94. The highest BCUT2D eigenvalue weighted by molar-refractivity contribution is 5.98. The first kappa shape index (κ1) is 27.6. The molecule has 0 aliphatic rings. The Morgan fingerprint density at radius 2 is 1.63 bits per heavy atom. The second kappa shape index (κ2) is 12.2. The lowest BCUT2D eigenvalue weighted by molar-refractivity contribution is -0.151. The fourth-order valence-electron chi connectivity index (χ4n) is 3.32. The SMILES string of the molecule is COc1ccc(C(C)C(C)OC(=O)[C@H](C)NC(=O)c2nccc(OC)c2OC(=O)C(C)C)c(C)c1. The van der Waals surface area contributed by atoms with Gasteiger partial charge in [-0.2, -0.15) is 0 Å². The average Bonchev–Trinajstić information content (AvgIpc) is 2.83. The quantitative estimate of drug-likeness (QED) is 0.504. The molecule has 2 aromatic rings. The lowest BCUT2D eigenvalue weighted by atomic mass is 9.92. The van der Waals surface area contributed by atoms with Gasteiger partial charge < -0.3 is 24.3 Å². The molecule has 1 aromatic carbocycles. The summed E-state index contributed by atoms with van der Waals surface area (Å²) < 4.78 is 21.5. The molecule has 190 valence electrons. The Morgan fingerprint density at radius 3 is 2.20 bits per heavy atom. The van der Waals surface area contributed by atoms with Gasteiger partial charge in [0.2, 0.25) is 5.75 Å². The van der Waals surface area contributed by atoms with Crippen LogP contribution in [0, 0.1) is 12.8 Å². The lowest BCUT2D eigenvalue weighted by Gasteiger charge is -2.24. The average molecular weight is 487 g/mol. The van der Waals surface area contributed by atoms with E-state index in [1.807, 2.05) is 32.0 Å². The zero-order valence-electron chi connectivity index (χ0n) is 21.5. The highest BCUT2D eigenvalue weighted by Gasteiger charge is 2.28. The molecule has 2 rings (SSSR count). The minimum Gasteiger partial charge on any atom is -0.497 e. The van der Waals surface area contributed by atoms with Gasteiger partial charge >= 0.3 is 11.9 Å². The van der Waals surface area contributed by atoms with E-state index in [1.54, 1.807) is 27.9 Å². The van der Waals surface area contributed by atoms with Crippen LogP contribution in [0.5, 0.6) is 17.2 Å². The van der Waals surface area contributed by atoms with Crippen molar-refractivity contribution in [2.45, 2.75) is 59.6 Å². The Kier molecular flexibility index (Phi) is 9.62. The maximum Gasteiger partial charge on any atom is 0.328 e. The largest absolute Gasteiger partial charge is 0.497 e. The monoisotopic (exact) mass is 486 g/mol. The van der Waals surface area contributed by atoms with E-state index in [0.29, 0.717) is 0 Å². The van der Waals surface area contributed by atoms with Gasteiger partial charge in [0.05, 0.1) is 20.1 Å². The Balaban J connectivity index is 2.11. The predicted molar refractivity (Wildman–Crippen MR) is 130 cm³/mol. The van der Waals surface area contributed by atoms with Crippen molar-refractivity contribution in [1.29, 1.82) is 0 Å². The molecule has 3 atom stereocenters. The number of rotatable bonds is 10. The Hall–Kier alpha value is -3.62. The molecule has 0 saturated heterocycles. The molecule has 9 heteroatoms. The number of ether oxygens (including phenoxy) is 4. The Labute approximate surface area is 206 Å². The second-order valence-corrected chi connectivity index (χ2v) is 8.62. The van der Waals surface area contributed by atoms with Crippen molar-refractivity contribution < 1.29 is 33.3 Å². The molecule has 1 heterocycles. The van der Waals surface area contributed by atoms with E-state index in [4.69, 9.17) is 18.9 Å². The molecule has 0 saturated carbocycles. The zero-order chi connectivity index (χ0) is 26.3. The molecule has 9 nitrogen and oxygen atoms in total. The molecule has 2 unspecified atom stereocenters. The maximum atomic E-state index is 12.9. The molecule has 1 N–H and O–H groups in total. The van der Waals surface area contributed by atoms with E-state index < -0.39 is 35.9 Å². The highest BCUT2D eigenvalue weighted by atomic mass is 16.6. The number of carbonyl (C=O) groups is 3. The van der Waals surface area contributed by atoms with Crippen molar-refractivity contribution in [3.63, 3.8) is 0 Å². The number of pyridine rings is 1. The van der Waals surface area contributed by atoms with E-state index in [9.17, 15) is 14.4 Å². The second-order valence-electron chi connectivity index (χ2n) is 8.62. The normalized spacial score (nSPS) is 13.4. The van der Waals surface area contributed by atoms with E-state index in [2.05, 4.69) is 10.3 Å². The first-order chi connectivity index (χ1) is 16.5. The van der Waals surface area contributed by atoms with Gasteiger partial charge in [0.15, 0.2) is 11.4 Å². The molecule has 1 amide bonds. The predicted octanol–water partition coefficient (Wildman–Crippen LogP) is 3.82. The van der Waals surface area contributed by atoms with E-state index in [0.717, 1.165) is 16.9 Å². The van der Waals surface area contributed by atoms with Crippen LogP contribution in [0.15, 0.2) is 30.5 Å². The van der Waals surface area contributed by atoms with Crippen LogP contribution in [-0.4, -0.2) is 49.2 Å². The summed E-state index contributed by atoms with van der Waals surface area (Å²) in [7, 11) is 2.99. The number of amides is 1. The van der Waals surface area contributed by atoms with Crippen molar-refractivity contribution in [2.75, 3.05) is 14.2 Å². The number of esters is 2. The van der Waals surface area contributed by atoms with Crippen LogP contribution < -0.4 is 19.5 Å². The standard InChI is InChI=1S/C26H34N2O7/c1-14(2)25(30)35-23-21(33-8)11-12-27-22(23)24(29)28-17(5)26(31)34-18(6)16(4)20-10-9-19(32-7)13-15(20)3/h9-14,16-18H,1-8H3,(H,28,29)/t16?,17-,18?/m0/s1. The van der Waals surface area contributed by atoms with Crippen LogP contribution in [0.3, 0.4) is 0 Å². The number of benzene rings is 1. The molecule has 0 radical (unpaired) electrons. The first-order valence-electron chi connectivity index (χ1n) is 11.4. The van der Waals surface area contributed by atoms with Gasteiger partial charge in [0.1, 0.15) is 17.9 Å². The molecule has 0 fully saturated rings. The van der Waals surface area contributed by atoms with Gasteiger partial charge in [-0.15, -0.1) is 0 Å². The number of hydrogen-bond acceptors (Lipinski definition) is 8. The van der Waals surface area contributed by atoms with Gasteiger partial charge in [-0.3, -0.25) is 9.59 Å². The molecule has 35 heavy (non-hydrogen) atoms. The van der Waals surface area contributed by atoms with Gasteiger partial charge in [0.25, 0.3) is 5.91 Å². The van der Waals surface area contributed by atoms with Gasteiger partial charge in [-0.05, 0) is 44.0 Å². The molecule has 0 spiro atoms. The third-order valence-electron chi connectivity index (χ3n) is 5.65. The summed E-state index contributed by atoms with van der Waals surface area (Å²) in [6.07, 6.45) is 0.899. The van der Waals surface area contributed by atoms with Gasteiger partial charge in [0, 0.05) is 18.2 Å². The number of nitrogens with one attached hydrogen (secondary N) is 1. The molecule has 0 aliphatic heterocycles. The zero-order valence-corrected chi connectivity index (χ0v) is 21.5. The summed E-state index contributed by atoms with van der Waals surface area (Å²) in [6, 6.07) is 6.23. The lowest BCUT2D eigenvalue weighted by Crippen LogP contribution is -2.41. The van der Waals surface area contributed by atoms with Crippen molar-refractivity contribution in [3.8, 4) is 17.2 Å². The van der Waals surface area contributed by atoms with Crippen LogP contribution in [0.4, 0.5) is 0 Å². The van der Waals surface area contributed by atoms with Crippen molar-refractivity contribution in [1.82, 2.24) is 10.3 Å².